The Morgan fingerprint density at radius 3 is 2.71 bits per heavy atom. The lowest BCUT2D eigenvalue weighted by atomic mass is 9.65. The van der Waals surface area contributed by atoms with Crippen molar-refractivity contribution in [1.29, 1.82) is 0 Å². The van der Waals surface area contributed by atoms with Gasteiger partial charge in [0.2, 0.25) is 0 Å². The van der Waals surface area contributed by atoms with Crippen LogP contribution in [0.15, 0.2) is 12.1 Å². The van der Waals surface area contributed by atoms with E-state index >= 15 is 0 Å². The van der Waals surface area contributed by atoms with Crippen LogP contribution >= 0.6 is 22.9 Å². The third kappa shape index (κ3) is 2.86. The molecule has 3 heteroatoms. The molecule has 0 aromatic carbocycles. The van der Waals surface area contributed by atoms with E-state index < -0.39 is 0 Å². The first-order valence-electron chi connectivity index (χ1n) is 6.47. The number of rotatable bonds is 3. The molecule has 0 radical (unpaired) electrons. The fraction of sp³-hybridized carbons (Fsp3) is 0.714. The Morgan fingerprint density at radius 2 is 2.18 bits per heavy atom. The molecule has 2 atom stereocenters. The van der Waals surface area contributed by atoms with Gasteiger partial charge in [0.05, 0.1) is 4.34 Å². The van der Waals surface area contributed by atoms with Crippen molar-refractivity contribution in [2.24, 2.45) is 11.3 Å². The molecule has 1 aliphatic rings. The Kier molecular flexibility index (Phi) is 4.17. The Morgan fingerprint density at radius 1 is 1.41 bits per heavy atom. The van der Waals surface area contributed by atoms with Crippen LogP contribution in [0.3, 0.4) is 0 Å². The van der Waals surface area contributed by atoms with E-state index in [-0.39, 0.29) is 0 Å². The molecule has 2 unspecified atom stereocenters. The number of hydrogen-bond acceptors (Lipinski definition) is 2. The molecule has 96 valence electrons. The minimum Gasteiger partial charge on any atom is -0.312 e. The normalized spacial score (nSPS) is 25.8. The third-order valence-electron chi connectivity index (χ3n) is 4.20. The van der Waals surface area contributed by atoms with Crippen LogP contribution in [-0.4, -0.2) is 7.05 Å². The first kappa shape index (κ1) is 13.4. The second-order valence-corrected chi connectivity index (χ2v) is 7.50. The molecule has 2 rings (SSSR count). The fourth-order valence-electron chi connectivity index (χ4n) is 3.18. The predicted molar refractivity (Wildman–Crippen MR) is 76.9 cm³/mol. The maximum absolute atomic E-state index is 6.06. The van der Waals surface area contributed by atoms with Crippen molar-refractivity contribution in [1.82, 2.24) is 5.32 Å². The van der Waals surface area contributed by atoms with Gasteiger partial charge >= 0.3 is 0 Å². The van der Waals surface area contributed by atoms with Crippen molar-refractivity contribution < 1.29 is 0 Å². The number of nitrogens with one attached hydrogen (secondary N) is 1. The molecular formula is C14H22ClNS. The standard InChI is InChI=1S/C14H22ClNS/c1-14(2)9-5-4-6-10(14)13(16-3)11-7-8-12(15)17-11/h7-8,10,13,16H,4-6,9H2,1-3H3. The monoisotopic (exact) mass is 271 g/mol. The average molecular weight is 272 g/mol. The molecule has 1 aliphatic carbocycles. The summed E-state index contributed by atoms with van der Waals surface area (Å²) in [5.74, 6) is 0.718. The third-order valence-corrected chi connectivity index (χ3v) is 5.52. The van der Waals surface area contributed by atoms with Crippen molar-refractivity contribution in [3.8, 4) is 0 Å². The van der Waals surface area contributed by atoms with Crippen LogP contribution in [0.4, 0.5) is 0 Å². The largest absolute Gasteiger partial charge is 0.312 e. The summed E-state index contributed by atoms with van der Waals surface area (Å²) in [6, 6.07) is 4.66. The summed E-state index contributed by atoms with van der Waals surface area (Å²) in [6.07, 6.45) is 5.42. The van der Waals surface area contributed by atoms with Crippen LogP contribution in [0, 0.1) is 11.3 Å². The van der Waals surface area contributed by atoms with Crippen molar-refractivity contribution in [2.75, 3.05) is 7.05 Å². The molecule has 1 fully saturated rings. The maximum atomic E-state index is 6.06. The molecule has 0 spiro atoms. The summed E-state index contributed by atoms with van der Waals surface area (Å²) < 4.78 is 0.897. The van der Waals surface area contributed by atoms with E-state index in [9.17, 15) is 0 Å². The van der Waals surface area contributed by atoms with E-state index in [2.05, 4.69) is 32.3 Å². The Bertz CT molecular complexity index is 372. The van der Waals surface area contributed by atoms with E-state index in [4.69, 9.17) is 11.6 Å². The quantitative estimate of drug-likeness (QED) is 0.826. The summed E-state index contributed by atoms with van der Waals surface area (Å²) in [7, 11) is 2.07. The lowest BCUT2D eigenvalue weighted by Crippen LogP contribution is -2.37. The number of thiophene rings is 1. The highest BCUT2D eigenvalue weighted by Crippen LogP contribution is 2.47. The molecule has 0 saturated heterocycles. The van der Waals surface area contributed by atoms with Crippen molar-refractivity contribution >= 4 is 22.9 Å². The number of hydrogen-bond donors (Lipinski definition) is 1. The zero-order valence-electron chi connectivity index (χ0n) is 10.9. The van der Waals surface area contributed by atoms with E-state index in [1.165, 1.54) is 30.6 Å². The van der Waals surface area contributed by atoms with Crippen LogP contribution in [0.2, 0.25) is 4.34 Å². The second kappa shape index (κ2) is 5.29. The molecule has 1 N–H and O–H groups in total. The van der Waals surface area contributed by atoms with Gasteiger partial charge in [-0.1, -0.05) is 38.3 Å². The van der Waals surface area contributed by atoms with Gasteiger partial charge in [0.15, 0.2) is 0 Å². The number of halogens is 1. The van der Waals surface area contributed by atoms with Gasteiger partial charge in [-0.05, 0) is 43.4 Å². The summed E-state index contributed by atoms with van der Waals surface area (Å²) in [6.45, 7) is 4.83. The summed E-state index contributed by atoms with van der Waals surface area (Å²) in [4.78, 5) is 1.39. The van der Waals surface area contributed by atoms with Crippen LogP contribution in [-0.2, 0) is 0 Å². The minimum atomic E-state index is 0.433. The van der Waals surface area contributed by atoms with Gasteiger partial charge in [-0.3, -0.25) is 0 Å². The van der Waals surface area contributed by atoms with Crippen molar-refractivity contribution in [3.63, 3.8) is 0 Å². The van der Waals surface area contributed by atoms with Crippen molar-refractivity contribution in [2.45, 2.75) is 45.6 Å². The van der Waals surface area contributed by atoms with Gasteiger partial charge in [0.1, 0.15) is 0 Å². The summed E-state index contributed by atoms with van der Waals surface area (Å²) in [5, 5.41) is 3.51. The Labute approximate surface area is 114 Å². The highest BCUT2D eigenvalue weighted by molar-refractivity contribution is 7.16. The van der Waals surface area contributed by atoms with Crippen molar-refractivity contribution in [3.05, 3.63) is 21.3 Å². The van der Waals surface area contributed by atoms with E-state index in [0.29, 0.717) is 11.5 Å². The molecule has 17 heavy (non-hydrogen) atoms. The average Bonchev–Trinajstić information content (AvgIpc) is 2.68. The minimum absolute atomic E-state index is 0.433. The highest BCUT2D eigenvalue weighted by Gasteiger charge is 2.37. The molecular weight excluding hydrogens is 250 g/mol. The zero-order chi connectivity index (χ0) is 12.5. The molecule has 0 aliphatic heterocycles. The molecule has 1 aromatic rings. The molecule has 1 aromatic heterocycles. The molecule has 1 nitrogen and oxygen atoms in total. The fourth-order valence-corrected chi connectivity index (χ4v) is 4.41. The highest BCUT2D eigenvalue weighted by atomic mass is 35.5. The van der Waals surface area contributed by atoms with Gasteiger partial charge in [0, 0.05) is 10.9 Å². The predicted octanol–water partition coefficient (Wildman–Crippen LogP) is 4.88. The van der Waals surface area contributed by atoms with E-state index in [1.54, 1.807) is 11.3 Å². The van der Waals surface area contributed by atoms with E-state index in [1.807, 2.05) is 6.07 Å². The molecule has 0 amide bonds. The topological polar surface area (TPSA) is 12.0 Å². The smallest absolute Gasteiger partial charge is 0.0931 e. The SMILES string of the molecule is CNC(c1ccc(Cl)s1)C1CCCCC1(C)C. The first-order valence-corrected chi connectivity index (χ1v) is 7.66. The Balaban J connectivity index is 2.22. The first-order chi connectivity index (χ1) is 8.04. The van der Waals surface area contributed by atoms with Crippen LogP contribution in [0.1, 0.15) is 50.4 Å². The van der Waals surface area contributed by atoms with Gasteiger partial charge in [-0.2, -0.15) is 0 Å². The molecule has 1 heterocycles. The van der Waals surface area contributed by atoms with Gasteiger partial charge in [-0.15, -0.1) is 11.3 Å². The summed E-state index contributed by atoms with van der Waals surface area (Å²) >= 11 is 7.78. The second-order valence-electron chi connectivity index (χ2n) is 5.75. The Hall–Kier alpha value is -0.0500. The lowest BCUT2D eigenvalue weighted by Gasteiger charge is -2.43. The van der Waals surface area contributed by atoms with Gasteiger partial charge in [-0.25, -0.2) is 0 Å². The lowest BCUT2D eigenvalue weighted by molar-refractivity contribution is 0.102. The van der Waals surface area contributed by atoms with Gasteiger partial charge in [0.25, 0.3) is 0 Å². The van der Waals surface area contributed by atoms with Crippen LogP contribution < -0.4 is 5.32 Å². The maximum Gasteiger partial charge on any atom is 0.0931 e. The molecule has 1 saturated carbocycles. The van der Waals surface area contributed by atoms with Gasteiger partial charge < -0.3 is 5.32 Å². The van der Waals surface area contributed by atoms with E-state index in [0.717, 1.165) is 10.3 Å². The molecule has 0 bridgehead atoms. The van der Waals surface area contributed by atoms with Crippen LogP contribution in [0.25, 0.3) is 0 Å². The van der Waals surface area contributed by atoms with Crippen LogP contribution in [0.5, 0.6) is 0 Å². The zero-order valence-corrected chi connectivity index (χ0v) is 12.5. The summed E-state index contributed by atoms with van der Waals surface area (Å²) in [5.41, 5.74) is 0.433.